The SMILES string of the molecule is COc1ccc(Br)cc1C1Nc2c(C)cc(C)cc2-c2cc(C)nn21. The van der Waals surface area contributed by atoms with Crippen LogP contribution in [0.15, 0.2) is 40.9 Å². The molecular weight excluding hydrogens is 378 g/mol. The summed E-state index contributed by atoms with van der Waals surface area (Å²) < 4.78 is 8.68. The fraction of sp³-hybridized carbons (Fsp3) is 0.250. The van der Waals surface area contributed by atoms with E-state index in [2.05, 4.69) is 64.0 Å². The van der Waals surface area contributed by atoms with Crippen molar-refractivity contribution >= 4 is 21.6 Å². The molecule has 4 rings (SSSR count). The van der Waals surface area contributed by atoms with Crippen LogP contribution in [0, 0.1) is 20.8 Å². The zero-order valence-corrected chi connectivity index (χ0v) is 16.3. The van der Waals surface area contributed by atoms with Crippen molar-refractivity contribution in [2.45, 2.75) is 26.9 Å². The summed E-state index contributed by atoms with van der Waals surface area (Å²) >= 11 is 3.58. The van der Waals surface area contributed by atoms with E-state index in [-0.39, 0.29) is 6.17 Å². The summed E-state index contributed by atoms with van der Waals surface area (Å²) in [7, 11) is 1.70. The molecule has 2 heterocycles. The van der Waals surface area contributed by atoms with Crippen LogP contribution in [0.5, 0.6) is 5.75 Å². The normalized spacial score (nSPS) is 15.3. The van der Waals surface area contributed by atoms with Gasteiger partial charge < -0.3 is 10.1 Å². The second-order valence-corrected chi connectivity index (χ2v) is 7.47. The largest absolute Gasteiger partial charge is 0.496 e. The predicted molar refractivity (Wildman–Crippen MR) is 104 cm³/mol. The number of hydrogen-bond acceptors (Lipinski definition) is 3. The van der Waals surface area contributed by atoms with Gasteiger partial charge in [0.2, 0.25) is 0 Å². The molecule has 0 radical (unpaired) electrons. The van der Waals surface area contributed by atoms with E-state index in [1.165, 1.54) is 16.7 Å². The predicted octanol–water partition coefficient (Wildman–Crippen LogP) is 5.22. The molecule has 3 aromatic rings. The number of aryl methyl sites for hydroxylation is 3. The third kappa shape index (κ3) is 2.63. The van der Waals surface area contributed by atoms with Gasteiger partial charge in [-0.1, -0.05) is 27.6 Å². The molecule has 0 fully saturated rings. The van der Waals surface area contributed by atoms with Gasteiger partial charge in [0.15, 0.2) is 6.17 Å². The molecule has 0 saturated carbocycles. The first-order valence-electron chi connectivity index (χ1n) is 8.25. The number of nitrogens with zero attached hydrogens (tertiary/aromatic N) is 2. The fourth-order valence-electron chi connectivity index (χ4n) is 3.60. The zero-order chi connectivity index (χ0) is 17.7. The van der Waals surface area contributed by atoms with Crippen molar-refractivity contribution < 1.29 is 4.74 Å². The van der Waals surface area contributed by atoms with Crippen molar-refractivity contribution in [1.29, 1.82) is 0 Å². The lowest BCUT2D eigenvalue weighted by atomic mass is 9.98. The van der Waals surface area contributed by atoms with Gasteiger partial charge in [-0.15, -0.1) is 0 Å². The number of hydrogen-bond donors (Lipinski definition) is 1. The number of aromatic nitrogens is 2. The third-order valence-electron chi connectivity index (χ3n) is 4.63. The standard InChI is InChI=1S/C20H20BrN3O/c1-11-7-12(2)19-15(8-11)17-9-13(3)23-24(17)20(22-19)16-10-14(21)5-6-18(16)25-4/h5-10,20,22H,1-4H3. The molecule has 1 aliphatic heterocycles. The van der Waals surface area contributed by atoms with Crippen molar-refractivity contribution in [2.24, 2.45) is 0 Å². The maximum absolute atomic E-state index is 5.61. The Morgan fingerprint density at radius 3 is 2.68 bits per heavy atom. The van der Waals surface area contributed by atoms with Crippen LogP contribution in [-0.4, -0.2) is 16.9 Å². The second kappa shape index (κ2) is 5.92. The number of fused-ring (bicyclic) bond motifs is 3. The smallest absolute Gasteiger partial charge is 0.150 e. The number of halogens is 1. The van der Waals surface area contributed by atoms with Crippen LogP contribution in [0.2, 0.25) is 0 Å². The second-order valence-electron chi connectivity index (χ2n) is 6.55. The quantitative estimate of drug-likeness (QED) is 0.644. The Hall–Kier alpha value is -2.27. The Labute approximate surface area is 156 Å². The number of nitrogens with one attached hydrogen (secondary N) is 1. The summed E-state index contributed by atoms with van der Waals surface area (Å²) in [6.07, 6.45) is -0.120. The lowest BCUT2D eigenvalue weighted by Gasteiger charge is -2.31. The van der Waals surface area contributed by atoms with E-state index in [0.717, 1.165) is 32.9 Å². The highest BCUT2D eigenvalue weighted by Gasteiger charge is 2.29. The summed E-state index contributed by atoms with van der Waals surface area (Å²) in [4.78, 5) is 0. The van der Waals surface area contributed by atoms with Crippen LogP contribution < -0.4 is 10.1 Å². The summed E-state index contributed by atoms with van der Waals surface area (Å²) in [5.41, 5.74) is 8.02. The van der Waals surface area contributed by atoms with Crippen LogP contribution in [-0.2, 0) is 0 Å². The Morgan fingerprint density at radius 2 is 1.92 bits per heavy atom. The molecule has 0 bridgehead atoms. The number of anilines is 1. The van der Waals surface area contributed by atoms with Crippen LogP contribution in [0.4, 0.5) is 5.69 Å². The van der Waals surface area contributed by atoms with Gasteiger partial charge in [0.1, 0.15) is 5.75 Å². The molecule has 0 saturated heterocycles. The third-order valence-corrected chi connectivity index (χ3v) is 5.12. The van der Waals surface area contributed by atoms with Crippen LogP contribution in [0.3, 0.4) is 0 Å². The van der Waals surface area contributed by atoms with Crippen LogP contribution in [0.1, 0.15) is 28.6 Å². The molecule has 0 spiro atoms. The number of benzene rings is 2. The molecule has 0 amide bonds. The van der Waals surface area contributed by atoms with Gasteiger partial charge in [0.05, 0.1) is 18.5 Å². The van der Waals surface area contributed by atoms with Gasteiger partial charge in [-0.25, -0.2) is 4.68 Å². The van der Waals surface area contributed by atoms with E-state index in [1.54, 1.807) is 7.11 Å². The van der Waals surface area contributed by atoms with Gasteiger partial charge in [-0.2, -0.15) is 5.10 Å². The number of rotatable bonds is 2. The summed E-state index contributed by atoms with van der Waals surface area (Å²) in [5, 5.41) is 8.44. The molecular formula is C20H20BrN3O. The van der Waals surface area contributed by atoms with Crippen LogP contribution in [0.25, 0.3) is 11.3 Å². The van der Waals surface area contributed by atoms with E-state index >= 15 is 0 Å². The van der Waals surface area contributed by atoms with Crippen molar-refractivity contribution in [2.75, 3.05) is 12.4 Å². The molecule has 1 atom stereocenters. The lowest BCUT2D eigenvalue weighted by Crippen LogP contribution is -2.26. The number of methoxy groups -OCH3 is 1. The van der Waals surface area contributed by atoms with E-state index in [9.17, 15) is 0 Å². The topological polar surface area (TPSA) is 39.1 Å². The van der Waals surface area contributed by atoms with Crippen molar-refractivity contribution in [3.05, 3.63) is 63.3 Å². The number of ether oxygens (including phenoxy) is 1. The maximum Gasteiger partial charge on any atom is 0.150 e. The molecule has 1 N–H and O–H groups in total. The van der Waals surface area contributed by atoms with E-state index in [1.807, 2.05) is 19.1 Å². The summed E-state index contributed by atoms with van der Waals surface area (Å²) in [6.45, 7) is 6.31. The lowest BCUT2D eigenvalue weighted by molar-refractivity contribution is 0.401. The average molecular weight is 398 g/mol. The van der Waals surface area contributed by atoms with Crippen molar-refractivity contribution in [1.82, 2.24) is 9.78 Å². The van der Waals surface area contributed by atoms with Gasteiger partial charge >= 0.3 is 0 Å². The molecule has 128 valence electrons. The average Bonchev–Trinajstić information content (AvgIpc) is 2.96. The first-order chi connectivity index (χ1) is 12.0. The van der Waals surface area contributed by atoms with Crippen molar-refractivity contribution in [3.8, 4) is 17.0 Å². The molecule has 25 heavy (non-hydrogen) atoms. The Kier molecular flexibility index (Phi) is 3.84. The fourth-order valence-corrected chi connectivity index (χ4v) is 3.98. The molecule has 4 nitrogen and oxygen atoms in total. The Bertz CT molecular complexity index is 977. The highest BCUT2D eigenvalue weighted by Crippen LogP contribution is 2.43. The highest BCUT2D eigenvalue weighted by atomic mass is 79.9. The molecule has 1 aromatic heterocycles. The molecule has 1 aliphatic rings. The maximum atomic E-state index is 5.61. The molecule has 1 unspecified atom stereocenters. The van der Waals surface area contributed by atoms with E-state index in [4.69, 9.17) is 9.84 Å². The van der Waals surface area contributed by atoms with Gasteiger partial charge in [-0.05, 0) is 56.7 Å². The minimum absolute atomic E-state index is 0.120. The first-order valence-corrected chi connectivity index (χ1v) is 9.05. The van der Waals surface area contributed by atoms with Gasteiger partial charge in [0.25, 0.3) is 0 Å². The van der Waals surface area contributed by atoms with E-state index in [0.29, 0.717) is 0 Å². The molecule has 2 aromatic carbocycles. The highest BCUT2D eigenvalue weighted by molar-refractivity contribution is 9.10. The minimum atomic E-state index is -0.120. The Morgan fingerprint density at radius 1 is 1.12 bits per heavy atom. The summed E-state index contributed by atoms with van der Waals surface area (Å²) in [6, 6.07) is 12.6. The zero-order valence-electron chi connectivity index (χ0n) is 14.7. The first kappa shape index (κ1) is 16.2. The van der Waals surface area contributed by atoms with Gasteiger partial charge in [-0.3, -0.25) is 0 Å². The molecule has 5 heteroatoms. The van der Waals surface area contributed by atoms with Crippen LogP contribution >= 0.6 is 15.9 Å². The summed E-state index contributed by atoms with van der Waals surface area (Å²) in [5.74, 6) is 0.841. The molecule has 0 aliphatic carbocycles. The van der Waals surface area contributed by atoms with E-state index < -0.39 is 0 Å². The van der Waals surface area contributed by atoms with Gasteiger partial charge in [0, 0.05) is 21.3 Å². The monoisotopic (exact) mass is 397 g/mol. The minimum Gasteiger partial charge on any atom is -0.496 e. The Balaban J connectivity index is 1.97. The van der Waals surface area contributed by atoms with Crippen molar-refractivity contribution in [3.63, 3.8) is 0 Å².